The van der Waals surface area contributed by atoms with E-state index in [4.69, 9.17) is 13.9 Å². The number of methoxy groups -OCH3 is 1. The van der Waals surface area contributed by atoms with Crippen molar-refractivity contribution in [2.45, 2.75) is 51.4 Å². The van der Waals surface area contributed by atoms with E-state index in [1.54, 1.807) is 7.11 Å². The summed E-state index contributed by atoms with van der Waals surface area (Å²) in [7, 11) is -0.854. The van der Waals surface area contributed by atoms with Crippen LogP contribution in [0.15, 0.2) is 97.6 Å². The summed E-state index contributed by atoms with van der Waals surface area (Å²) in [4.78, 5) is 0. The second-order valence-corrected chi connectivity index (χ2v) is 13.9. The van der Waals surface area contributed by atoms with Crippen LogP contribution in [0.25, 0.3) is 0 Å². The summed E-state index contributed by atoms with van der Waals surface area (Å²) in [6, 6.07) is 29.6. The molecule has 0 fully saturated rings. The molecule has 0 N–H and O–H groups in total. The normalized spacial score (nSPS) is 12.8. The smallest absolute Gasteiger partial charge is 0.261 e. The molecule has 3 aromatic carbocycles. The van der Waals surface area contributed by atoms with Gasteiger partial charge in [-0.3, -0.25) is 0 Å². The Morgan fingerprint density at radius 2 is 1.41 bits per heavy atom. The highest BCUT2D eigenvalue weighted by Gasteiger charge is 2.50. The van der Waals surface area contributed by atoms with Crippen molar-refractivity contribution in [2.75, 3.05) is 13.7 Å². The molecule has 3 aromatic rings. The van der Waals surface area contributed by atoms with E-state index in [-0.39, 0.29) is 11.1 Å². The molecule has 0 aliphatic rings. The minimum absolute atomic E-state index is 0.0341. The van der Waals surface area contributed by atoms with E-state index in [0.29, 0.717) is 13.2 Å². The van der Waals surface area contributed by atoms with Crippen molar-refractivity contribution in [3.05, 3.63) is 103 Å². The van der Waals surface area contributed by atoms with Gasteiger partial charge in [0.15, 0.2) is 0 Å². The predicted molar refractivity (Wildman–Crippen MR) is 145 cm³/mol. The Morgan fingerprint density at radius 1 is 0.853 bits per heavy atom. The lowest BCUT2D eigenvalue weighted by Gasteiger charge is -2.43. The molecule has 0 radical (unpaired) electrons. The van der Waals surface area contributed by atoms with Gasteiger partial charge in [0.25, 0.3) is 8.32 Å². The maximum absolute atomic E-state index is 7.03. The van der Waals surface area contributed by atoms with Crippen molar-refractivity contribution in [1.29, 1.82) is 0 Å². The zero-order valence-electron chi connectivity index (χ0n) is 21.0. The van der Waals surface area contributed by atoms with Gasteiger partial charge in [-0.2, -0.15) is 0 Å². The lowest BCUT2D eigenvalue weighted by molar-refractivity contribution is 0.0276. The van der Waals surface area contributed by atoms with E-state index >= 15 is 0 Å². The van der Waals surface area contributed by atoms with Crippen molar-refractivity contribution in [1.82, 2.24) is 0 Å². The highest BCUT2D eigenvalue weighted by Crippen LogP contribution is 2.37. The molecular weight excluding hydrogens is 436 g/mol. The van der Waals surface area contributed by atoms with Crippen LogP contribution < -0.4 is 15.1 Å². The second-order valence-electron chi connectivity index (χ2n) is 9.61. The molecule has 34 heavy (non-hydrogen) atoms. The molecule has 0 saturated carbocycles. The fourth-order valence-electron chi connectivity index (χ4n) is 4.50. The SMILES string of the molecule is C=CC[C@@H](CCO[Si](c1ccccc1)(c1ccccc1)C(C)(C)C)OCc1ccc(OC)cc1. The second kappa shape index (κ2) is 12.2. The topological polar surface area (TPSA) is 27.7 Å². The summed E-state index contributed by atoms with van der Waals surface area (Å²) in [5, 5.41) is 2.56. The number of benzene rings is 3. The van der Waals surface area contributed by atoms with E-state index in [2.05, 4.69) is 88.0 Å². The molecule has 3 rings (SSSR count). The highest BCUT2D eigenvalue weighted by atomic mass is 28.4. The van der Waals surface area contributed by atoms with E-state index in [0.717, 1.165) is 24.2 Å². The van der Waals surface area contributed by atoms with Crippen LogP contribution in [0.3, 0.4) is 0 Å². The van der Waals surface area contributed by atoms with Crippen LogP contribution in [0.4, 0.5) is 0 Å². The van der Waals surface area contributed by atoms with Gasteiger partial charge in [-0.05, 0) is 45.9 Å². The molecule has 4 heteroatoms. The van der Waals surface area contributed by atoms with Gasteiger partial charge in [-0.1, -0.05) is 99.6 Å². The van der Waals surface area contributed by atoms with Crippen LogP contribution >= 0.6 is 0 Å². The van der Waals surface area contributed by atoms with Crippen molar-refractivity contribution in [2.24, 2.45) is 0 Å². The zero-order valence-corrected chi connectivity index (χ0v) is 22.0. The highest BCUT2D eigenvalue weighted by molar-refractivity contribution is 6.99. The van der Waals surface area contributed by atoms with Crippen LogP contribution in [0.2, 0.25) is 5.04 Å². The molecular formula is C30H38O3Si. The first kappa shape index (κ1) is 26.0. The molecule has 0 bridgehead atoms. The van der Waals surface area contributed by atoms with Crippen LogP contribution in [-0.4, -0.2) is 28.1 Å². The standard InChI is InChI=1S/C30H38O3Si/c1-6-13-27(32-24-25-18-20-26(31-5)21-19-25)22-23-33-34(30(2,3)4,28-14-9-7-10-15-28)29-16-11-8-12-17-29/h6-12,14-21,27H,1,13,22-24H2,2-5H3/t27-/m0/s1. The van der Waals surface area contributed by atoms with Crippen molar-refractivity contribution in [3.63, 3.8) is 0 Å². The average Bonchev–Trinajstić information content (AvgIpc) is 2.85. The Labute approximate surface area is 206 Å². The minimum Gasteiger partial charge on any atom is -0.497 e. The first-order valence-corrected chi connectivity index (χ1v) is 13.9. The minimum atomic E-state index is -2.53. The van der Waals surface area contributed by atoms with Crippen LogP contribution in [0.1, 0.15) is 39.2 Å². The summed E-state index contributed by atoms with van der Waals surface area (Å²) in [5.41, 5.74) is 1.13. The molecule has 0 amide bonds. The maximum atomic E-state index is 7.03. The van der Waals surface area contributed by atoms with Crippen molar-refractivity contribution < 1.29 is 13.9 Å². The first-order valence-electron chi connectivity index (χ1n) is 12.0. The lowest BCUT2D eigenvalue weighted by atomic mass is 10.2. The Bertz CT molecular complexity index is 955. The molecule has 0 heterocycles. The monoisotopic (exact) mass is 474 g/mol. The summed E-state index contributed by atoms with van der Waals surface area (Å²) in [5.74, 6) is 0.852. The number of hydrogen-bond acceptors (Lipinski definition) is 3. The van der Waals surface area contributed by atoms with E-state index < -0.39 is 8.32 Å². The van der Waals surface area contributed by atoms with Gasteiger partial charge in [-0.15, -0.1) is 6.58 Å². The molecule has 0 aliphatic heterocycles. The Balaban J connectivity index is 1.77. The first-order chi connectivity index (χ1) is 16.4. The molecule has 0 aliphatic carbocycles. The third-order valence-corrected chi connectivity index (χ3v) is 11.3. The molecule has 0 saturated heterocycles. The molecule has 3 nitrogen and oxygen atoms in total. The van der Waals surface area contributed by atoms with Crippen molar-refractivity contribution >= 4 is 18.7 Å². The third kappa shape index (κ3) is 6.26. The average molecular weight is 475 g/mol. The van der Waals surface area contributed by atoms with E-state index in [9.17, 15) is 0 Å². The van der Waals surface area contributed by atoms with Crippen molar-refractivity contribution in [3.8, 4) is 5.75 Å². The molecule has 0 unspecified atom stereocenters. The number of rotatable bonds is 12. The molecule has 0 spiro atoms. The number of ether oxygens (including phenoxy) is 2. The van der Waals surface area contributed by atoms with E-state index in [1.165, 1.54) is 10.4 Å². The largest absolute Gasteiger partial charge is 0.497 e. The fourth-order valence-corrected chi connectivity index (χ4v) is 9.08. The van der Waals surface area contributed by atoms with Gasteiger partial charge in [-0.25, -0.2) is 0 Å². The lowest BCUT2D eigenvalue weighted by Crippen LogP contribution is -2.66. The van der Waals surface area contributed by atoms with Crippen LogP contribution in [-0.2, 0) is 15.8 Å². The molecule has 1 atom stereocenters. The summed E-state index contributed by atoms with van der Waals surface area (Å²) < 4.78 is 18.6. The van der Waals surface area contributed by atoms with Gasteiger partial charge in [0.1, 0.15) is 5.75 Å². The molecule has 180 valence electrons. The van der Waals surface area contributed by atoms with Crippen LogP contribution in [0, 0.1) is 0 Å². The van der Waals surface area contributed by atoms with E-state index in [1.807, 2.05) is 30.3 Å². The maximum Gasteiger partial charge on any atom is 0.261 e. The van der Waals surface area contributed by atoms with Gasteiger partial charge < -0.3 is 13.9 Å². The van der Waals surface area contributed by atoms with Gasteiger partial charge in [0.2, 0.25) is 0 Å². The summed E-state index contributed by atoms with van der Waals surface area (Å²) in [6.45, 7) is 12.0. The fraction of sp³-hybridized carbons (Fsp3) is 0.333. The van der Waals surface area contributed by atoms with Gasteiger partial charge in [0.05, 0.1) is 19.8 Å². The predicted octanol–water partition coefficient (Wildman–Crippen LogP) is 6.12. The Morgan fingerprint density at radius 3 is 1.88 bits per heavy atom. The van der Waals surface area contributed by atoms with Gasteiger partial charge in [0, 0.05) is 6.61 Å². The third-order valence-electron chi connectivity index (χ3n) is 6.25. The summed E-state index contributed by atoms with van der Waals surface area (Å²) >= 11 is 0. The Kier molecular flexibility index (Phi) is 9.28. The zero-order chi connectivity index (χ0) is 24.4. The Hall–Kier alpha value is -2.66. The summed E-state index contributed by atoms with van der Waals surface area (Å²) in [6.07, 6.45) is 3.59. The molecule has 0 aromatic heterocycles. The quantitative estimate of drug-likeness (QED) is 0.234. The van der Waals surface area contributed by atoms with Gasteiger partial charge >= 0.3 is 0 Å². The number of hydrogen-bond donors (Lipinski definition) is 0. The van der Waals surface area contributed by atoms with Crippen LogP contribution in [0.5, 0.6) is 5.75 Å².